The lowest BCUT2D eigenvalue weighted by molar-refractivity contribution is -0.318. The Bertz CT molecular complexity index is 1680. The second-order valence-electron chi connectivity index (χ2n) is 19.5. The minimum Gasteiger partial charge on any atom is -0.493 e. The number of carbonyl (C=O) groups excluding carboxylic acids is 2. The van der Waals surface area contributed by atoms with Gasteiger partial charge in [0.15, 0.2) is 18.7 Å². The summed E-state index contributed by atoms with van der Waals surface area (Å²) in [5.41, 5.74) is -4.48. The zero-order valence-corrected chi connectivity index (χ0v) is 41.2. The molecule has 0 aromatic heterocycles. The molecule has 3 aliphatic heterocycles. The van der Waals surface area contributed by atoms with Gasteiger partial charge in [0.05, 0.1) is 54.4 Å². The Morgan fingerprint density at radius 1 is 0.923 bits per heavy atom. The fourth-order valence-corrected chi connectivity index (χ4v) is 9.93. The zero-order valence-electron chi connectivity index (χ0n) is 41.2. The van der Waals surface area contributed by atoms with E-state index in [-0.39, 0.29) is 38.0 Å². The number of benzene rings is 1. The molecule has 17 nitrogen and oxygen atoms in total. The fraction of sp³-hybridized carbons (Fsp3) is 0.812. The predicted octanol–water partition coefficient (Wildman–Crippen LogP) is 4.63. The number of likely N-dealkylation sites (N-methyl/N-ethyl adjacent to an activating group) is 1. The Kier molecular flexibility index (Phi) is 19.6. The van der Waals surface area contributed by atoms with Crippen molar-refractivity contribution in [2.75, 3.05) is 34.4 Å². The highest BCUT2D eigenvalue weighted by Crippen LogP contribution is 2.41. The Labute approximate surface area is 386 Å². The van der Waals surface area contributed by atoms with Gasteiger partial charge in [-0.15, -0.1) is 0 Å². The van der Waals surface area contributed by atoms with Gasteiger partial charge in [-0.1, -0.05) is 51.0 Å². The third kappa shape index (κ3) is 13.6. The number of cyclic esters (lactones) is 1. The van der Waals surface area contributed by atoms with Gasteiger partial charge in [-0.3, -0.25) is 9.59 Å². The molecule has 372 valence electrons. The van der Waals surface area contributed by atoms with Gasteiger partial charge in [0, 0.05) is 50.7 Å². The second kappa shape index (κ2) is 23.4. The number of methoxy groups -OCH3 is 1. The number of hydrogen-bond donors (Lipinski definition) is 4. The van der Waals surface area contributed by atoms with Crippen LogP contribution in [0, 0.1) is 23.7 Å². The molecule has 0 aliphatic carbocycles. The van der Waals surface area contributed by atoms with Crippen LogP contribution in [-0.2, 0) is 47.6 Å². The fourth-order valence-electron chi connectivity index (χ4n) is 9.93. The molecular weight excluding hydrogens is 845 g/mol. The molecule has 0 spiro atoms. The number of esters is 2. The molecule has 17 heteroatoms. The molecule has 65 heavy (non-hydrogen) atoms. The summed E-state index contributed by atoms with van der Waals surface area (Å²) >= 11 is 0. The smallest absolute Gasteiger partial charge is 0.311 e. The topological polar surface area (TPSA) is 214 Å². The first-order valence-corrected chi connectivity index (χ1v) is 23.3. The lowest BCUT2D eigenvalue weighted by Gasteiger charge is -2.49. The van der Waals surface area contributed by atoms with Crippen molar-refractivity contribution >= 4 is 17.7 Å². The van der Waals surface area contributed by atoms with Gasteiger partial charge in [-0.2, -0.15) is 0 Å². The summed E-state index contributed by atoms with van der Waals surface area (Å²) in [7, 11) is 5.23. The van der Waals surface area contributed by atoms with Crippen LogP contribution in [0.2, 0.25) is 0 Å². The second-order valence-corrected chi connectivity index (χ2v) is 19.5. The minimum absolute atomic E-state index is 0.0263. The lowest BCUT2D eigenvalue weighted by atomic mass is 9.73. The van der Waals surface area contributed by atoms with Crippen LogP contribution in [0.3, 0.4) is 0 Å². The number of aliphatic hydroxyl groups excluding tert-OH is 2. The maximum atomic E-state index is 14.5. The van der Waals surface area contributed by atoms with Crippen LogP contribution in [0.15, 0.2) is 35.5 Å². The van der Waals surface area contributed by atoms with E-state index >= 15 is 0 Å². The predicted molar refractivity (Wildman–Crippen MR) is 241 cm³/mol. The number of oxime groups is 1. The van der Waals surface area contributed by atoms with E-state index in [9.17, 15) is 30.0 Å². The molecule has 3 fully saturated rings. The molecular formula is C48H80N2O15. The minimum atomic E-state index is -1.98. The third-order valence-corrected chi connectivity index (χ3v) is 13.7. The number of rotatable bonds is 14. The van der Waals surface area contributed by atoms with E-state index in [1.54, 1.807) is 48.5 Å². The van der Waals surface area contributed by atoms with Crippen molar-refractivity contribution in [2.45, 2.75) is 193 Å². The molecule has 3 heterocycles. The number of carbonyl (C=O) groups is 2. The number of para-hydroxylation sites is 1. The summed E-state index contributed by atoms with van der Waals surface area (Å²) in [6.45, 7) is 19.0. The van der Waals surface area contributed by atoms with Crippen LogP contribution in [-0.4, -0.2) is 162 Å². The van der Waals surface area contributed by atoms with Crippen LogP contribution in [0.25, 0.3) is 0 Å². The molecule has 18 atom stereocenters. The standard InChI is InChI=1S/C48H80N2O15/c1-15-36-48(11,56)41(53)29(4)38(49-59-23-19-22-58-34-20-17-16-18-21-34)27(2)25-46(9,55)42(65-45-39(52)35(50(12)13)24-28(3)60-45)30(5)40(31(6)44(54)63-36)64-37-26-47(10,57-14)43(32(7)61-37)62-33(8)51/h16-18,20-21,27-32,35-37,39-43,45,52-53,55-56H,15,19,22-26H2,1-14H3/b49-38+/t27-,28-,29+,30+,31-,32+,35+,36-,37?,39-,40+,41-,42-,43+,45+,46?,47-,48-/m1/s1. The highest BCUT2D eigenvalue weighted by Gasteiger charge is 2.54. The van der Waals surface area contributed by atoms with Gasteiger partial charge in [0.1, 0.15) is 35.8 Å². The van der Waals surface area contributed by atoms with Crippen molar-refractivity contribution < 1.29 is 72.7 Å². The van der Waals surface area contributed by atoms with Crippen molar-refractivity contribution in [3.63, 3.8) is 0 Å². The molecule has 0 amide bonds. The number of hydrogen-bond acceptors (Lipinski definition) is 17. The Morgan fingerprint density at radius 2 is 1.58 bits per heavy atom. The molecule has 3 aliphatic rings. The average Bonchev–Trinajstić information content (AvgIpc) is 3.24. The van der Waals surface area contributed by atoms with Crippen molar-refractivity contribution in [3.8, 4) is 5.75 Å². The van der Waals surface area contributed by atoms with Crippen molar-refractivity contribution in [1.29, 1.82) is 0 Å². The SMILES string of the molecule is CC[C@H]1OC(=O)[C@H](C)[C@@H](OC2C[C@@](C)(OC)[C@@H](OC(C)=O)[C@H](C)O2)[C@H](C)[C@@H](O[C@@H]2O[C@H](C)C[C@H](N(C)C)[C@H]2O)C(C)(O)C[C@@H](C)/C(=N\OCCCOc2ccccc2)[C@H](C)[C@@H](O)[C@]1(C)O. The monoisotopic (exact) mass is 925 g/mol. The molecule has 3 saturated heterocycles. The van der Waals surface area contributed by atoms with E-state index in [0.29, 0.717) is 25.2 Å². The molecule has 0 saturated carbocycles. The van der Waals surface area contributed by atoms with E-state index in [4.69, 9.17) is 42.7 Å². The van der Waals surface area contributed by atoms with Gasteiger partial charge in [-0.05, 0) is 87.0 Å². The summed E-state index contributed by atoms with van der Waals surface area (Å²) in [6.07, 6.45) is -8.97. The van der Waals surface area contributed by atoms with Crippen LogP contribution < -0.4 is 4.74 Å². The summed E-state index contributed by atoms with van der Waals surface area (Å²) in [5, 5.41) is 53.3. The van der Waals surface area contributed by atoms with Gasteiger partial charge in [0.2, 0.25) is 0 Å². The molecule has 4 rings (SSSR count). The molecule has 0 bridgehead atoms. The van der Waals surface area contributed by atoms with E-state index < -0.39 is 108 Å². The Hall–Kier alpha value is -2.97. The van der Waals surface area contributed by atoms with E-state index in [1.165, 1.54) is 21.0 Å². The summed E-state index contributed by atoms with van der Waals surface area (Å²) in [6, 6.07) is 9.05. The molecule has 1 aromatic rings. The molecule has 4 N–H and O–H groups in total. The molecule has 0 radical (unpaired) electrons. The number of aliphatic hydroxyl groups is 4. The number of ether oxygens (including phenoxy) is 8. The van der Waals surface area contributed by atoms with E-state index in [0.717, 1.165) is 5.75 Å². The quantitative estimate of drug-likeness (QED) is 0.114. The van der Waals surface area contributed by atoms with Gasteiger partial charge >= 0.3 is 11.9 Å². The van der Waals surface area contributed by atoms with Gasteiger partial charge < -0.3 is 68.1 Å². The van der Waals surface area contributed by atoms with E-state index in [2.05, 4.69) is 5.16 Å². The lowest BCUT2D eigenvalue weighted by Crippen LogP contribution is -2.61. The highest BCUT2D eigenvalue weighted by molar-refractivity contribution is 5.88. The zero-order chi connectivity index (χ0) is 48.6. The first-order chi connectivity index (χ1) is 30.4. The van der Waals surface area contributed by atoms with Gasteiger partial charge in [0.25, 0.3) is 0 Å². The average molecular weight is 925 g/mol. The number of nitrogens with zero attached hydrogens (tertiary/aromatic N) is 2. The maximum Gasteiger partial charge on any atom is 0.311 e. The Morgan fingerprint density at radius 3 is 2.18 bits per heavy atom. The van der Waals surface area contributed by atoms with Crippen molar-refractivity contribution in [1.82, 2.24) is 4.90 Å². The van der Waals surface area contributed by atoms with Crippen LogP contribution >= 0.6 is 0 Å². The normalized spacial score (nSPS) is 41.9. The molecule has 1 aromatic carbocycles. The summed E-state index contributed by atoms with van der Waals surface area (Å²) in [4.78, 5) is 34.4. The van der Waals surface area contributed by atoms with Crippen LogP contribution in [0.4, 0.5) is 0 Å². The highest BCUT2D eigenvalue weighted by atomic mass is 16.7. The van der Waals surface area contributed by atoms with Gasteiger partial charge in [-0.25, -0.2) is 0 Å². The summed E-state index contributed by atoms with van der Waals surface area (Å²) < 4.78 is 49.8. The van der Waals surface area contributed by atoms with E-state index in [1.807, 2.05) is 63.2 Å². The third-order valence-electron chi connectivity index (χ3n) is 13.7. The van der Waals surface area contributed by atoms with Crippen molar-refractivity contribution in [3.05, 3.63) is 30.3 Å². The van der Waals surface area contributed by atoms with Crippen LogP contribution in [0.5, 0.6) is 5.75 Å². The largest absolute Gasteiger partial charge is 0.493 e. The molecule has 2 unspecified atom stereocenters. The maximum absolute atomic E-state index is 14.5. The first kappa shape index (κ1) is 54.6. The van der Waals surface area contributed by atoms with Crippen molar-refractivity contribution in [2.24, 2.45) is 28.8 Å². The summed E-state index contributed by atoms with van der Waals surface area (Å²) in [5.74, 6) is -3.96. The van der Waals surface area contributed by atoms with Crippen LogP contribution in [0.1, 0.15) is 108 Å². The Balaban J connectivity index is 1.81. The first-order valence-electron chi connectivity index (χ1n) is 23.3.